The number of H-pyrrole nitrogens is 1. The summed E-state index contributed by atoms with van der Waals surface area (Å²) in [4.78, 5) is 21.9. The quantitative estimate of drug-likeness (QED) is 0.673. The number of nitrogens with zero attached hydrogens (tertiary/aromatic N) is 3. The van der Waals surface area contributed by atoms with Gasteiger partial charge in [0.25, 0.3) is 5.56 Å². The summed E-state index contributed by atoms with van der Waals surface area (Å²) in [7, 11) is 0. The van der Waals surface area contributed by atoms with Crippen LogP contribution in [0.1, 0.15) is 37.3 Å². The van der Waals surface area contributed by atoms with E-state index in [-0.39, 0.29) is 11.1 Å². The van der Waals surface area contributed by atoms with E-state index in [1.54, 1.807) is 0 Å². The summed E-state index contributed by atoms with van der Waals surface area (Å²) in [6, 6.07) is 10.5. The maximum absolute atomic E-state index is 12.2. The van der Waals surface area contributed by atoms with Crippen molar-refractivity contribution >= 4 is 11.8 Å². The summed E-state index contributed by atoms with van der Waals surface area (Å²) >= 11 is 1.37. The van der Waals surface area contributed by atoms with E-state index in [1.807, 2.05) is 30.5 Å². The van der Waals surface area contributed by atoms with Crippen molar-refractivity contribution in [1.82, 2.24) is 14.9 Å². The Hall–Kier alpha value is -2.10. The lowest BCUT2D eigenvalue weighted by Crippen LogP contribution is -2.36. The van der Waals surface area contributed by atoms with Gasteiger partial charge in [0, 0.05) is 18.2 Å². The van der Waals surface area contributed by atoms with Gasteiger partial charge in [-0.05, 0) is 38.1 Å². The fraction of sp³-hybridized carbons (Fsp3) is 0.421. The third-order valence-electron chi connectivity index (χ3n) is 4.79. The van der Waals surface area contributed by atoms with Crippen LogP contribution in [0.3, 0.4) is 0 Å². The summed E-state index contributed by atoms with van der Waals surface area (Å²) in [6.07, 6.45) is 5.57. The molecule has 25 heavy (non-hydrogen) atoms. The Balaban J connectivity index is 2.06. The first-order valence-corrected chi connectivity index (χ1v) is 9.77. The Morgan fingerprint density at radius 2 is 2.20 bits per heavy atom. The molecule has 1 aromatic heterocycles. The zero-order valence-electron chi connectivity index (χ0n) is 14.6. The van der Waals surface area contributed by atoms with Crippen molar-refractivity contribution in [2.45, 2.75) is 43.9 Å². The van der Waals surface area contributed by atoms with E-state index >= 15 is 0 Å². The van der Waals surface area contributed by atoms with Gasteiger partial charge in [0.15, 0.2) is 5.16 Å². The zero-order chi connectivity index (χ0) is 17.8. The number of piperidine rings is 1. The average molecular weight is 354 g/mol. The second kappa shape index (κ2) is 7.85. The maximum Gasteiger partial charge on any atom is 0.270 e. The number of likely N-dealkylation sites (tertiary alicyclic amines) is 1. The van der Waals surface area contributed by atoms with E-state index in [4.69, 9.17) is 0 Å². The molecule has 5 nitrogen and oxygen atoms in total. The van der Waals surface area contributed by atoms with E-state index in [0.29, 0.717) is 16.9 Å². The van der Waals surface area contributed by atoms with Crippen molar-refractivity contribution in [2.24, 2.45) is 0 Å². The van der Waals surface area contributed by atoms with Crippen LogP contribution in [-0.4, -0.2) is 33.7 Å². The van der Waals surface area contributed by atoms with Gasteiger partial charge >= 0.3 is 0 Å². The van der Waals surface area contributed by atoms with Crippen molar-refractivity contribution < 1.29 is 0 Å². The normalized spacial score (nSPS) is 18.0. The van der Waals surface area contributed by atoms with Crippen LogP contribution in [0, 0.1) is 11.3 Å². The standard InChI is InChI=1S/C19H22N4OS/c1-13-7-5-6-10-23(13)12-14-8-3-4-9-15(14)17-16(11-20)18(24)22-19(21-17)25-2/h3-4,8-9,13H,5-7,10,12H2,1-2H3,(H,21,22,24). The number of aromatic nitrogens is 2. The molecule has 2 heterocycles. The number of aromatic amines is 1. The molecule has 1 aromatic carbocycles. The highest BCUT2D eigenvalue weighted by Crippen LogP contribution is 2.28. The van der Waals surface area contributed by atoms with Crippen molar-refractivity contribution in [3.8, 4) is 17.3 Å². The fourth-order valence-electron chi connectivity index (χ4n) is 3.35. The lowest BCUT2D eigenvalue weighted by Gasteiger charge is -2.33. The van der Waals surface area contributed by atoms with Crippen LogP contribution in [-0.2, 0) is 6.54 Å². The second-order valence-corrected chi connectivity index (χ2v) is 7.18. The first-order valence-electron chi connectivity index (χ1n) is 8.54. The highest BCUT2D eigenvalue weighted by Gasteiger charge is 2.21. The Kier molecular flexibility index (Phi) is 5.57. The predicted octanol–water partition coefficient (Wildman–Crippen LogP) is 3.40. The van der Waals surface area contributed by atoms with Gasteiger partial charge < -0.3 is 4.98 Å². The van der Waals surface area contributed by atoms with Gasteiger partial charge in [0.05, 0.1) is 5.69 Å². The fourth-order valence-corrected chi connectivity index (χ4v) is 3.73. The molecule has 0 aliphatic carbocycles. The minimum Gasteiger partial charge on any atom is -0.300 e. The summed E-state index contributed by atoms with van der Waals surface area (Å²) in [5.41, 5.74) is 2.17. The molecular weight excluding hydrogens is 332 g/mol. The Morgan fingerprint density at radius 1 is 1.40 bits per heavy atom. The molecule has 1 aliphatic rings. The average Bonchev–Trinajstić information content (AvgIpc) is 2.63. The van der Waals surface area contributed by atoms with Gasteiger partial charge in [-0.15, -0.1) is 0 Å². The van der Waals surface area contributed by atoms with Crippen LogP contribution in [0.5, 0.6) is 0 Å². The van der Waals surface area contributed by atoms with Gasteiger partial charge in [0.1, 0.15) is 11.6 Å². The number of nitriles is 1. The van der Waals surface area contributed by atoms with Crippen molar-refractivity contribution in [3.05, 3.63) is 45.7 Å². The van der Waals surface area contributed by atoms with E-state index < -0.39 is 0 Å². The predicted molar refractivity (Wildman–Crippen MR) is 101 cm³/mol. The molecule has 1 aliphatic heterocycles. The monoisotopic (exact) mass is 354 g/mol. The van der Waals surface area contributed by atoms with Crippen LogP contribution in [0.15, 0.2) is 34.2 Å². The molecule has 0 bridgehead atoms. The van der Waals surface area contributed by atoms with E-state index in [0.717, 1.165) is 24.2 Å². The number of hydrogen-bond acceptors (Lipinski definition) is 5. The topological polar surface area (TPSA) is 72.8 Å². The Bertz CT molecular complexity index is 855. The largest absolute Gasteiger partial charge is 0.300 e. The van der Waals surface area contributed by atoms with Gasteiger partial charge in [-0.2, -0.15) is 5.26 Å². The molecular formula is C19H22N4OS. The van der Waals surface area contributed by atoms with Crippen LogP contribution < -0.4 is 5.56 Å². The summed E-state index contributed by atoms with van der Waals surface area (Å²) in [5, 5.41) is 9.98. The van der Waals surface area contributed by atoms with Crippen LogP contribution in [0.25, 0.3) is 11.3 Å². The molecule has 0 amide bonds. The minimum absolute atomic E-state index is 0.0805. The number of rotatable bonds is 4. The van der Waals surface area contributed by atoms with Crippen LogP contribution in [0.4, 0.5) is 0 Å². The van der Waals surface area contributed by atoms with Crippen molar-refractivity contribution in [1.29, 1.82) is 5.26 Å². The molecule has 2 aromatic rings. The minimum atomic E-state index is -0.377. The zero-order valence-corrected chi connectivity index (χ0v) is 15.4. The van der Waals surface area contributed by atoms with Gasteiger partial charge in [0.2, 0.25) is 0 Å². The third-order valence-corrected chi connectivity index (χ3v) is 5.37. The van der Waals surface area contributed by atoms with E-state index in [1.165, 1.54) is 31.0 Å². The number of hydrogen-bond donors (Lipinski definition) is 1. The van der Waals surface area contributed by atoms with Crippen molar-refractivity contribution in [3.63, 3.8) is 0 Å². The summed E-state index contributed by atoms with van der Waals surface area (Å²) < 4.78 is 0. The van der Waals surface area contributed by atoms with Gasteiger partial charge in [-0.1, -0.05) is 42.4 Å². The molecule has 0 radical (unpaired) electrons. The first kappa shape index (κ1) is 17.7. The summed E-state index contributed by atoms with van der Waals surface area (Å²) in [5.74, 6) is 0. The van der Waals surface area contributed by atoms with E-state index in [2.05, 4.69) is 27.9 Å². The highest BCUT2D eigenvalue weighted by atomic mass is 32.2. The van der Waals surface area contributed by atoms with Crippen LogP contribution in [0.2, 0.25) is 0 Å². The van der Waals surface area contributed by atoms with Gasteiger partial charge in [-0.25, -0.2) is 4.98 Å². The molecule has 1 saturated heterocycles. The second-order valence-electron chi connectivity index (χ2n) is 6.38. The molecule has 0 saturated carbocycles. The lowest BCUT2D eigenvalue weighted by atomic mass is 9.98. The lowest BCUT2D eigenvalue weighted by molar-refractivity contribution is 0.153. The van der Waals surface area contributed by atoms with Crippen LogP contribution >= 0.6 is 11.8 Å². The summed E-state index contributed by atoms with van der Waals surface area (Å²) in [6.45, 7) is 4.16. The SMILES string of the molecule is CSc1nc(-c2ccccc2CN2CCCCC2C)c(C#N)c(=O)[nH]1. The molecule has 6 heteroatoms. The molecule has 0 spiro atoms. The smallest absolute Gasteiger partial charge is 0.270 e. The number of thioether (sulfide) groups is 1. The van der Waals surface area contributed by atoms with Gasteiger partial charge in [-0.3, -0.25) is 9.69 Å². The third kappa shape index (κ3) is 3.78. The Morgan fingerprint density at radius 3 is 2.92 bits per heavy atom. The number of nitrogens with one attached hydrogen (secondary N) is 1. The Labute approximate surface area is 152 Å². The molecule has 130 valence electrons. The molecule has 1 fully saturated rings. The molecule has 1 atom stereocenters. The molecule has 1 N–H and O–H groups in total. The number of benzene rings is 1. The van der Waals surface area contributed by atoms with E-state index in [9.17, 15) is 10.1 Å². The highest BCUT2D eigenvalue weighted by molar-refractivity contribution is 7.98. The molecule has 3 rings (SSSR count). The van der Waals surface area contributed by atoms with Crippen molar-refractivity contribution in [2.75, 3.05) is 12.8 Å². The molecule has 1 unspecified atom stereocenters. The first-order chi connectivity index (χ1) is 12.1. The maximum atomic E-state index is 12.2.